The molecule has 0 aliphatic rings. The van der Waals surface area contributed by atoms with Crippen molar-refractivity contribution < 1.29 is 17.0 Å². The first kappa shape index (κ1) is 30.8. The van der Waals surface area contributed by atoms with E-state index in [0.29, 0.717) is 12.8 Å². The first-order chi connectivity index (χ1) is 15.0. The molecule has 0 rings (SSSR count). The van der Waals surface area contributed by atoms with E-state index in [2.05, 4.69) is 13.8 Å². The largest absolute Gasteiger partial charge is 0.299 e. The minimum atomic E-state index is -4.05. The highest BCUT2D eigenvalue weighted by molar-refractivity contribution is 7.87. The molecule has 0 aliphatic carbocycles. The average Bonchev–Trinajstić information content (AvgIpc) is 2.75. The van der Waals surface area contributed by atoms with Crippen molar-refractivity contribution in [3.8, 4) is 0 Å². The van der Waals surface area contributed by atoms with Gasteiger partial charge >= 0.3 is 0 Å². The molecule has 1 atom stereocenters. The lowest BCUT2D eigenvalue weighted by Gasteiger charge is -2.10. The van der Waals surface area contributed by atoms with Crippen molar-refractivity contribution in [2.24, 2.45) is 0 Å². The molecular weight excluding hydrogens is 411 g/mol. The molecule has 5 heteroatoms. The molecule has 0 radical (unpaired) electrons. The zero-order valence-electron chi connectivity index (χ0n) is 20.9. The summed E-state index contributed by atoms with van der Waals surface area (Å²) in [6, 6.07) is 0. The molecule has 0 saturated carbocycles. The quantitative estimate of drug-likeness (QED) is 0.0998. The Labute approximate surface area is 194 Å². The maximum atomic E-state index is 14.0. The van der Waals surface area contributed by atoms with Gasteiger partial charge in [-0.25, -0.2) is 4.39 Å². The predicted octanol–water partition coefficient (Wildman–Crippen LogP) is 9.25. The van der Waals surface area contributed by atoms with Crippen molar-refractivity contribution in [1.29, 1.82) is 0 Å². The SMILES string of the molecule is CCCCCCCCCCCCCCCOS(=O)(=O)C(F)CCCCCCCCCC. The molecule has 0 aromatic carbocycles. The highest BCUT2D eigenvalue weighted by atomic mass is 32.2. The fourth-order valence-corrected chi connectivity index (χ4v) is 4.90. The lowest BCUT2D eigenvalue weighted by Crippen LogP contribution is -2.19. The van der Waals surface area contributed by atoms with Crippen LogP contribution in [0.15, 0.2) is 0 Å². The summed E-state index contributed by atoms with van der Waals surface area (Å²) in [4.78, 5) is 0. The van der Waals surface area contributed by atoms with Crippen LogP contribution in [0, 0.1) is 0 Å². The van der Waals surface area contributed by atoms with Crippen molar-refractivity contribution in [3.63, 3.8) is 0 Å². The van der Waals surface area contributed by atoms with Crippen LogP contribution in [0.4, 0.5) is 4.39 Å². The summed E-state index contributed by atoms with van der Waals surface area (Å²) >= 11 is 0. The second kappa shape index (κ2) is 23.0. The molecule has 0 spiro atoms. The number of unbranched alkanes of at least 4 members (excludes halogenated alkanes) is 19. The van der Waals surface area contributed by atoms with Gasteiger partial charge < -0.3 is 0 Å². The van der Waals surface area contributed by atoms with Gasteiger partial charge in [-0.2, -0.15) is 8.42 Å². The molecule has 1 unspecified atom stereocenters. The lowest BCUT2D eigenvalue weighted by molar-refractivity contribution is 0.270. The van der Waals surface area contributed by atoms with E-state index in [1.165, 1.54) is 96.3 Å². The van der Waals surface area contributed by atoms with E-state index >= 15 is 0 Å². The summed E-state index contributed by atoms with van der Waals surface area (Å²) in [6.45, 7) is 4.57. The molecule has 0 amide bonds. The Morgan fingerprint density at radius 1 is 0.548 bits per heavy atom. The topological polar surface area (TPSA) is 43.4 Å². The third kappa shape index (κ3) is 21.4. The van der Waals surface area contributed by atoms with E-state index in [4.69, 9.17) is 4.18 Å². The fourth-order valence-electron chi connectivity index (χ4n) is 3.95. The molecule has 31 heavy (non-hydrogen) atoms. The van der Waals surface area contributed by atoms with Gasteiger partial charge in [0, 0.05) is 0 Å². The molecule has 0 fully saturated rings. The molecule has 0 aromatic rings. The number of hydrogen-bond acceptors (Lipinski definition) is 3. The van der Waals surface area contributed by atoms with Crippen LogP contribution >= 0.6 is 0 Å². The van der Waals surface area contributed by atoms with E-state index in [9.17, 15) is 12.8 Å². The van der Waals surface area contributed by atoms with Crippen LogP contribution in [0.1, 0.15) is 155 Å². The Morgan fingerprint density at radius 3 is 1.26 bits per heavy atom. The summed E-state index contributed by atoms with van der Waals surface area (Å²) < 4.78 is 42.7. The molecule has 0 N–H and O–H groups in total. The zero-order valence-corrected chi connectivity index (χ0v) is 21.7. The summed E-state index contributed by atoms with van der Waals surface area (Å²) in [7, 11) is -4.05. The van der Waals surface area contributed by atoms with Gasteiger partial charge in [-0.1, -0.05) is 136 Å². The Hall–Kier alpha value is -0.160. The van der Waals surface area contributed by atoms with Crippen molar-refractivity contribution in [2.45, 2.75) is 161 Å². The maximum absolute atomic E-state index is 14.0. The standard InChI is InChI=1S/C26H53FO3S/c1-3-5-7-9-11-13-14-15-16-17-19-21-23-25-30-31(28,29)26(27)24-22-20-18-12-10-8-6-4-2/h26H,3-25H2,1-2H3. The third-order valence-corrected chi connectivity index (χ3v) is 7.45. The zero-order chi connectivity index (χ0) is 23.0. The second-order valence-electron chi connectivity index (χ2n) is 9.23. The first-order valence-corrected chi connectivity index (χ1v) is 15.0. The molecular formula is C26H53FO3S. The molecule has 0 bridgehead atoms. The third-order valence-electron chi connectivity index (χ3n) is 6.09. The minimum absolute atomic E-state index is 0.0654. The summed E-state index contributed by atoms with van der Waals surface area (Å²) in [5.74, 6) is 0. The summed E-state index contributed by atoms with van der Waals surface area (Å²) in [5, 5.41) is 0. The molecule has 3 nitrogen and oxygen atoms in total. The molecule has 188 valence electrons. The Balaban J connectivity index is 3.46. The molecule has 0 saturated heterocycles. The van der Waals surface area contributed by atoms with Crippen molar-refractivity contribution in [3.05, 3.63) is 0 Å². The van der Waals surface area contributed by atoms with E-state index in [0.717, 1.165) is 25.7 Å². The van der Waals surface area contributed by atoms with Gasteiger partial charge in [0.2, 0.25) is 5.50 Å². The number of rotatable bonds is 25. The van der Waals surface area contributed by atoms with Crippen LogP contribution in [0.2, 0.25) is 0 Å². The maximum Gasteiger partial charge on any atom is 0.299 e. The van der Waals surface area contributed by atoms with Crippen LogP contribution in [0.5, 0.6) is 0 Å². The van der Waals surface area contributed by atoms with Gasteiger partial charge in [0.15, 0.2) is 0 Å². The fraction of sp³-hybridized carbons (Fsp3) is 1.00. The van der Waals surface area contributed by atoms with Crippen LogP contribution in [0.25, 0.3) is 0 Å². The van der Waals surface area contributed by atoms with Gasteiger partial charge in [0.05, 0.1) is 6.61 Å². The molecule has 0 aromatic heterocycles. The predicted molar refractivity (Wildman–Crippen MR) is 133 cm³/mol. The van der Waals surface area contributed by atoms with Crippen molar-refractivity contribution in [1.82, 2.24) is 0 Å². The highest BCUT2D eigenvalue weighted by Crippen LogP contribution is 2.17. The second-order valence-corrected chi connectivity index (χ2v) is 11.0. The van der Waals surface area contributed by atoms with Crippen LogP contribution in [0.3, 0.4) is 0 Å². The van der Waals surface area contributed by atoms with Crippen molar-refractivity contribution in [2.75, 3.05) is 6.61 Å². The summed E-state index contributed by atoms with van der Waals surface area (Å²) in [5.41, 5.74) is -1.87. The van der Waals surface area contributed by atoms with Gasteiger partial charge in [0.25, 0.3) is 10.1 Å². The van der Waals surface area contributed by atoms with Gasteiger partial charge in [-0.05, 0) is 19.3 Å². The monoisotopic (exact) mass is 464 g/mol. The van der Waals surface area contributed by atoms with Crippen LogP contribution in [-0.4, -0.2) is 20.5 Å². The number of halogens is 1. The Morgan fingerprint density at radius 2 is 0.871 bits per heavy atom. The first-order valence-electron chi connectivity index (χ1n) is 13.6. The minimum Gasteiger partial charge on any atom is -0.268 e. The van der Waals surface area contributed by atoms with E-state index in [1.807, 2.05) is 0 Å². The van der Waals surface area contributed by atoms with Gasteiger partial charge in [-0.15, -0.1) is 0 Å². The molecule has 0 heterocycles. The van der Waals surface area contributed by atoms with E-state index < -0.39 is 15.6 Å². The Bertz CT molecular complexity index is 454. The highest BCUT2D eigenvalue weighted by Gasteiger charge is 2.25. The summed E-state index contributed by atoms with van der Waals surface area (Å²) in [6.07, 6.45) is 24.9. The number of alkyl halides is 1. The van der Waals surface area contributed by atoms with Gasteiger partial charge in [-0.3, -0.25) is 4.18 Å². The average molecular weight is 465 g/mol. The van der Waals surface area contributed by atoms with Crippen molar-refractivity contribution >= 4 is 10.1 Å². The number of hydrogen-bond donors (Lipinski definition) is 0. The van der Waals surface area contributed by atoms with Gasteiger partial charge in [0.1, 0.15) is 0 Å². The van der Waals surface area contributed by atoms with Crippen LogP contribution < -0.4 is 0 Å². The smallest absolute Gasteiger partial charge is 0.268 e. The Kier molecular flexibility index (Phi) is 22.9. The molecule has 0 aliphatic heterocycles. The normalized spacial score (nSPS) is 13.0. The lowest BCUT2D eigenvalue weighted by atomic mass is 10.0. The van der Waals surface area contributed by atoms with E-state index in [-0.39, 0.29) is 13.0 Å². The van der Waals surface area contributed by atoms with E-state index in [1.54, 1.807) is 0 Å². The van der Waals surface area contributed by atoms with Crippen LogP contribution in [-0.2, 0) is 14.3 Å².